The second kappa shape index (κ2) is 12.5. The number of aryl methyl sites for hydroxylation is 1. The van der Waals surface area contributed by atoms with E-state index in [0.717, 1.165) is 16.8 Å². The van der Waals surface area contributed by atoms with Gasteiger partial charge in [0.25, 0.3) is 5.91 Å². The molecule has 192 valence electrons. The Morgan fingerprint density at radius 3 is 2.46 bits per heavy atom. The summed E-state index contributed by atoms with van der Waals surface area (Å²) in [5.41, 5.74) is 4.03. The summed E-state index contributed by atoms with van der Waals surface area (Å²) in [4.78, 5) is 21.2. The normalized spacial score (nSPS) is 12.5. The van der Waals surface area contributed by atoms with Crippen molar-refractivity contribution in [2.24, 2.45) is 9.98 Å². The van der Waals surface area contributed by atoms with E-state index in [1.54, 1.807) is 39.5 Å². The molecule has 3 aromatic rings. The molecule has 0 spiro atoms. The van der Waals surface area contributed by atoms with Gasteiger partial charge in [0.2, 0.25) is 0 Å². The quantitative estimate of drug-likeness (QED) is 0.330. The minimum absolute atomic E-state index is 0.178. The van der Waals surface area contributed by atoms with Crippen molar-refractivity contribution >= 4 is 24.0 Å². The Labute approximate surface area is 216 Å². The number of hydrogen-bond acceptors (Lipinski definition) is 6. The summed E-state index contributed by atoms with van der Waals surface area (Å²) in [5, 5.41) is 6.17. The van der Waals surface area contributed by atoms with E-state index in [0.29, 0.717) is 28.6 Å². The molecule has 3 aromatic carbocycles. The molecular weight excluding hydrogens is 471 g/mol. The standard InChI is InChI=1S/C29H31FN4O3/c1-18-12-23(14-24(30)13-18)29(35)34-25-9-7-8-21(15-25)19(2)32-28(17-31-4)33-20(3)22-10-11-26(36-5)27(16-22)37-6/h7-17,19,32H,4H2,1-3,5-6H3,(H,34,35)/b28-17-,33-20?/t19-/m0/s1. The number of carbonyl (C=O) groups excluding carboxylic acids is 1. The zero-order valence-electron chi connectivity index (χ0n) is 21.6. The number of hydrogen-bond donors (Lipinski definition) is 2. The fourth-order valence-electron chi connectivity index (χ4n) is 3.75. The summed E-state index contributed by atoms with van der Waals surface area (Å²) < 4.78 is 24.4. The van der Waals surface area contributed by atoms with E-state index in [-0.39, 0.29) is 17.5 Å². The van der Waals surface area contributed by atoms with Crippen LogP contribution in [0.25, 0.3) is 0 Å². The van der Waals surface area contributed by atoms with Crippen LogP contribution in [0.2, 0.25) is 0 Å². The summed E-state index contributed by atoms with van der Waals surface area (Å²) in [6, 6.07) is 17.0. The first-order valence-electron chi connectivity index (χ1n) is 11.6. The van der Waals surface area contributed by atoms with Crippen LogP contribution in [0.1, 0.15) is 46.9 Å². The second-order valence-electron chi connectivity index (χ2n) is 8.43. The number of aliphatic imine (C=N–C) groups is 2. The minimum atomic E-state index is -0.448. The minimum Gasteiger partial charge on any atom is -0.493 e. The molecule has 0 aliphatic rings. The van der Waals surface area contributed by atoms with E-state index in [1.807, 2.05) is 50.2 Å². The maximum atomic E-state index is 13.7. The molecule has 0 radical (unpaired) electrons. The second-order valence-corrected chi connectivity index (χ2v) is 8.43. The largest absolute Gasteiger partial charge is 0.493 e. The van der Waals surface area contributed by atoms with E-state index in [9.17, 15) is 9.18 Å². The smallest absolute Gasteiger partial charge is 0.255 e. The van der Waals surface area contributed by atoms with Gasteiger partial charge in [0, 0.05) is 17.0 Å². The van der Waals surface area contributed by atoms with Crippen LogP contribution in [0.3, 0.4) is 0 Å². The van der Waals surface area contributed by atoms with Crippen molar-refractivity contribution < 1.29 is 18.7 Å². The summed E-state index contributed by atoms with van der Waals surface area (Å²) in [6.07, 6.45) is 1.54. The molecule has 0 saturated carbocycles. The predicted octanol–water partition coefficient (Wildman–Crippen LogP) is 6.06. The van der Waals surface area contributed by atoms with Crippen molar-refractivity contribution in [3.63, 3.8) is 0 Å². The van der Waals surface area contributed by atoms with Gasteiger partial charge in [-0.1, -0.05) is 12.1 Å². The fraction of sp³-hybridized carbons (Fsp3) is 0.207. The molecule has 0 aliphatic carbocycles. The molecule has 2 N–H and O–H groups in total. The lowest BCUT2D eigenvalue weighted by molar-refractivity contribution is 0.102. The Morgan fingerprint density at radius 1 is 1.03 bits per heavy atom. The number of nitrogens with one attached hydrogen (secondary N) is 2. The molecule has 8 heteroatoms. The summed E-state index contributed by atoms with van der Waals surface area (Å²) in [7, 11) is 3.17. The van der Waals surface area contributed by atoms with E-state index < -0.39 is 5.82 Å². The predicted molar refractivity (Wildman–Crippen MR) is 146 cm³/mol. The summed E-state index contributed by atoms with van der Waals surface area (Å²) in [5.74, 6) is 0.923. The fourth-order valence-corrected chi connectivity index (χ4v) is 3.75. The Kier molecular flexibility index (Phi) is 9.16. The van der Waals surface area contributed by atoms with Gasteiger partial charge in [-0.05, 0) is 92.7 Å². The summed E-state index contributed by atoms with van der Waals surface area (Å²) >= 11 is 0. The number of amides is 1. The lowest BCUT2D eigenvalue weighted by Gasteiger charge is -2.17. The zero-order chi connectivity index (χ0) is 26.9. The van der Waals surface area contributed by atoms with Crippen LogP contribution >= 0.6 is 0 Å². The maximum absolute atomic E-state index is 13.7. The van der Waals surface area contributed by atoms with E-state index in [4.69, 9.17) is 14.5 Å². The topological polar surface area (TPSA) is 84.3 Å². The van der Waals surface area contributed by atoms with Gasteiger partial charge in [0.15, 0.2) is 11.5 Å². The molecule has 0 aliphatic heterocycles. The first-order chi connectivity index (χ1) is 17.7. The molecule has 0 fully saturated rings. The SMILES string of the molecule is C=N/C=C(\N=C(C)c1ccc(OC)c(OC)c1)N[C@@H](C)c1cccc(NC(=O)c2cc(C)cc(F)c2)c1. The Morgan fingerprint density at radius 2 is 1.78 bits per heavy atom. The van der Waals surface area contributed by atoms with E-state index in [2.05, 4.69) is 22.3 Å². The molecule has 0 unspecified atom stereocenters. The number of rotatable bonds is 10. The van der Waals surface area contributed by atoms with Gasteiger partial charge in [0.1, 0.15) is 11.6 Å². The van der Waals surface area contributed by atoms with Crippen molar-refractivity contribution in [2.75, 3.05) is 19.5 Å². The van der Waals surface area contributed by atoms with Crippen molar-refractivity contribution in [3.8, 4) is 11.5 Å². The van der Waals surface area contributed by atoms with Gasteiger partial charge >= 0.3 is 0 Å². The Hall–Kier alpha value is -4.46. The molecule has 37 heavy (non-hydrogen) atoms. The number of carbonyl (C=O) groups is 1. The van der Waals surface area contributed by atoms with Crippen LogP contribution in [0.4, 0.5) is 10.1 Å². The average molecular weight is 503 g/mol. The monoisotopic (exact) mass is 502 g/mol. The maximum Gasteiger partial charge on any atom is 0.255 e. The van der Waals surface area contributed by atoms with E-state index >= 15 is 0 Å². The number of anilines is 1. The Balaban J connectivity index is 1.77. The van der Waals surface area contributed by atoms with Crippen molar-refractivity contribution in [3.05, 3.63) is 101 Å². The van der Waals surface area contributed by atoms with Gasteiger partial charge in [-0.2, -0.15) is 0 Å². The van der Waals surface area contributed by atoms with E-state index in [1.165, 1.54) is 12.1 Å². The van der Waals surface area contributed by atoms with Crippen LogP contribution in [0, 0.1) is 12.7 Å². The third kappa shape index (κ3) is 7.27. The molecule has 3 rings (SSSR count). The molecular formula is C29H31FN4O3. The highest BCUT2D eigenvalue weighted by atomic mass is 19.1. The number of ether oxygens (including phenoxy) is 2. The first-order valence-corrected chi connectivity index (χ1v) is 11.6. The highest BCUT2D eigenvalue weighted by Gasteiger charge is 2.12. The molecule has 7 nitrogen and oxygen atoms in total. The van der Waals surface area contributed by atoms with Crippen LogP contribution < -0.4 is 20.1 Å². The highest BCUT2D eigenvalue weighted by molar-refractivity contribution is 6.04. The van der Waals surface area contributed by atoms with Crippen molar-refractivity contribution in [1.29, 1.82) is 0 Å². The van der Waals surface area contributed by atoms with Gasteiger partial charge in [-0.15, -0.1) is 0 Å². The average Bonchev–Trinajstić information content (AvgIpc) is 2.87. The van der Waals surface area contributed by atoms with Gasteiger partial charge in [0.05, 0.1) is 26.5 Å². The highest BCUT2D eigenvalue weighted by Crippen LogP contribution is 2.28. The third-order valence-corrected chi connectivity index (χ3v) is 5.62. The van der Waals surface area contributed by atoms with Crippen LogP contribution in [-0.2, 0) is 0 Å². The lowest BCUT2D eigenvalue weighted by Crippen LogP contribution is -2.18. The van der Waals surface area contributed by atoms with Crippen molar-refractivity contribution in [1.82, 2.24) is 5.32 Å². The van der Waals surface area contributed by atoms with Crippen LogP contribution in [-0.4, -0.2) is 32.6 Å². The van der Waals surface area contributed by atoms with Gasteiger partial charge < -0.3 is 20.1 Å². The number of benzene rings is 3. The van der Waals surface area contributed by atoms with Crippen molar-refractivity contribution in [2.45, 2.75) is 26.8 Å². The lowest BCUT2D eigenvalue weighted by atomic mass is 10.1. The number of halogens is 1. The molecule has 0 bridgehead atoms. The number of nitrogens with zero attached hydrogens (tertiary/aromatic N) is 2. The first kappa shape index (κ1) is 27.1. The number of methoxy groups -OCH3 is 2. The third-order valence-electron chi connectivity index (χ3n) is 5.62. The van der Waals surface area contributed by atoms with Crippen LogP contribution in [0.15, 0.2) is 82.7 Å². The summed E-state index contributed by atoms with van der Waals surface area (Å²) in [6.45, 7) is 9.15. The molecule has 1 atom stereocenters. The van der Waals surface area contributed by atoms with Gasteiger partial charge in [-0.3, -0.25) is 9.79 Å². The molecule has 0 heterocycles. The molecule has 1 amide bonds. The molecule has 0 aromatic heterocycles. The van der Waals surface area contributed by atoms with Crippen LogP contribution in [0.5, 0.6) is 11.5 Å². The van der Waals surface area contributed by atoms with Gasteiger partial charge in [-0.25, -0.2) is 9.38 Å². The molecule has 0 saturated heterocycles. The zero-order valence-corrected chi connectivity index (χ0v) is 21.6. The Bertz CT molecular complexity index is 1330.